The van der Waals surface area contributed by atoms with Gasteiger partial charge in [0.05, 0.1) is 19.3 Å². The highest BCUT2D eigenvalue weighted by molar-refractivity contribution is 14.0. The summed E-state index contributed by atoms with van der Waals surface area (Å²) < 4.78 is 11.5. The first-order valence-corrected chi connectivity index (χ1v) is 10.5. The lowest BCUT2D eigenvalue weighted by Gasteiger charge is -2.33. The smallest absolute Gasteiger partial charge is 0.191 e. The Hall–Kier alpha value is -1.58. The fraction of sp³-hybridized carbons (Fsp3) is 0.522. The largest absolute Gasteiger partial charge is 0.465 e. The van der Waals surface area contributed by atoms with Gasteiger partial charge in [-0.25, -0.2) is 0 Å². The molecule has 2 atom stereocenters. The minimum Gasteiger partial charge on any atom is -0.465 e. The minimum absolute atomic E-state index is 0. The number of ether oxygens (including phenoxy) is 1. The number of aliphatic imine (C=N–C) groups is 1. The van der Waals surface area contributed by atoms with Gasteiger partial charge in [-0.05, 0) is 37.5 Å². The van der Waals surface area contributed by atoms with E-state index in [4.69, 9.17) is 9.15 Å². The summed E-state index contributed by atoms with van der Waals surface area (Å²) in [5, 5.41) is 6.95. The number of benzene rings is 1. The van der Waals surface area contributed by atoms with Gasteiger partial charge >= 0.3 is 0 Å². The van der Waals surface area contributed by atoms with Crippen molar-refractivity contribution in [2.75, 3.05) is 46.4 Å². The van der Waals surface area contributed by atoms with Gasteiger partial charge < -0.3 is 19.8 Å². The van der Waals surface area contributed by atoms with Gasteiger partial charge in [0.15, 0.2) is 5.96 Å². The van der Waals surface area contributed by atoms with Crippen LogP contribution in [0.1, 0.15) is 41.5 Å². The van der Waals surface area contributed by atoms with Crippen LogP contribution in [0.15, 0.2) is 45.8 Å². The second kappa shape index (κ2) is 12.3. The molecule has 166 valence electrons. The van der Waals surface area contributed by atoms with Crippen molar-refractivity contribution >= 4 is 29.9 Å². The summed E-state index contributed by atoms with van der Waals surface area (Å²) in [6.45, 7) is 11.2. The highest BCUT2D eigenvalue weighted by Gasteiger charge is 2.25. The number of nitrogens with zero attached hydrogens (tertiary/aromatic N) is 2. The molecule has 6 nitrogen and oxygen atoms in total. The van der Waals surface area contributed by atoms with E-state index in [-0.39, 0.29) is 30.0 Å². The number of guanidine groups is 1. The molecule has 30 heavy (non-hydrogen) atoms. The number of furan rings is 1. The van der Waals surface area contributed by atoms with Crippen molar-refractivity contribution < 1.29 is 9.15 Å². The Labute approximate surface area is 197 Å². The molecule has 0 bridgehead atoms. The molecule has 0 radical (unpaired) electrons. The van der Waals surface area contributed by atoms with Gasteiger partial charge in [-0.15, -0.1) is 24.0 Å². The van der Waals surface area contributed by atoms with Crippen LogP contribution in [-0.4, -0.2) is 57.3 Å². The molecule has 7 heteroatoms. The fourth-order valence-corrected chi connectivity index (χ4v) is 3.61. The van der Waals surface area contributed by atoms with Gasteiger partial charge in [0.1, 0.15) is 11.5 Å². The number of hydrogen-bond acceptors (Lipinski definition) is 4. The third-order valence-electron chi connectivity index (χ3n) is 5.48. The van der Waals surface area contributed by atoms with Crippen molar-refractivity contribution in [2.45, 2.75) is 32.7 Å². The molecule has 1 aliphatic heterocycles. The summed E-state index contributed by atoms with van der Waals surface area (Å²) >= 11 is 0. The Morgan fingerprint density at radius 2 is 1.70 bits per heavy atom. The first kappa shape index (κ1) is 24.7. The predicted molar refractivity (Wildman–Crippen MR) is 133 cm³/mol. The average Bonchev–Trinajstić information content (AvgIpc) is 3.17. The molecule has 1 fully saturated rings. The zero-order valence-electron chi connectivity index (χ0n) is 18.5. The highest BCUT2D eigenvalue weighted by atomic mass is 127. The molecular weight excluding hydrogens is 491 g/mol. The van der Waals surface area contributed by atoms with E-state index in [0.29, 0.717) is 5.92 Å². The Balaban J connectivity index is 0.00000320. The van der Waals surface area contributed by atoms with Gasteiger partial charge in [-0.2, -0.15) is 0 Å². The van der Waals surface area contributed by atoms with Crippen molar-refractivity contribution in [1.82, 2.24) is 15.5 Å². The summed E-state index contributed by atoms with van der Waals surface area (Å²) in [6, 6.07) is 13.0. The lowest BCUT2D eigenvalue weighted by molar-refractivity contribution is 0.0124. The number of aryl methyl sites for hydroxylation is 2. The zero-order valence-corrected chi connectivity index (χ0v) is 20.8. The van der Waals surface area contributed by atoms with E-state index in [9.17, 15) is 0 Å². The van der Waals surface area contributed by atoms with Gasteiger partial charge in [-0.1, -0.05) is 36.8 Å². The van der Waals surface area contributed by atoms with Crippen molar-refractivity contribution in [2.24, 2.45) is 4.99 Å². The van der Waals surface area contributed by atoms with Gasteiger partial charge in [0, 0.05) is 33.2 Å². The summed E-state index contributed by atoms with van der Waals surface area (Å²) in [6.07, 6.45) is 0. The summed E-state index contributed by atoms with van der Waals surface area (Å²) in [5.74, 6) is 3.13. The molecule has 2 heterocycles. The van der Waals surface area contributed by atoms with E-state index in [2.05, 4.69) is 64.7 Å². The molecule has 3 rings (SSSR count). The van der Waals surface area contributed by atoms with Crippen LogP contribution in [-0.2, 0) is 4.74 Å². The maximum Gasteiger partial charge on any atom is 0.191 e. The van der Waals surface area contributed by atoms with E-state index in [1.807, 2.05) is 20.0 Å². The van der Waals surface area contributed by atoms with Crippen molar-refractivity contribution in [3.63, 3.8) is 0 Å². The van der Waals surface area contributed by atoms with Gasteiger partial charge in [0.25, 0.3) is 0 Å². The summed E-state index contributed by atoms with van der Waals surface area (Å²) in [4.78, 5) is 6.82. The fourth-order valence-electron chi connectivity index (χ4n) is 3.61. The van der Waals surface area contributed by atoms with Crippen LogP contribution in [0.25, 0.3) is 0 Å². The standard InChI is InChI=1S/C23H34N4O2.HI/c1-17-5-8-20(9-6-17)18(2)15-25-23(24-4)26-16-21(22-10-7-19(3)29-22)27-11-13-28-14-12-27;/h5-10,18,21H,11-16H2,1-4H3,(H2,24,25,26);1H. The normalized spacial score (nSPS) is 17.1. The molecule has 2 unspecified atom stereocenters. The lowest BCUT2D eigenvalue weighted by Crippen LogP contribution is -2.46. The van der Waals surface area contributed by atoms with E-state index in [1.54, 1.807) is 0 Å². The number of hydrogen-bond donors (Lipinski definition) is 2. The molecule has 0 spiro atoms. The molecular formula is C23H35IN4O2. The van der Waals surface area contributed by atoms with Crippen molar-refractivity contribution in [3.05, 3.63) is 59.0 Å². The zero-order chi connectivity index (χ0) is 20.6. The molecule has 0 saturated carbocycles. The Morgan fingerprint density at radius 3 is 2.30 bits per heavy atom. The highest BCUT2D eigenvalue weighted by Crippen LogP contribution is 2.23. The van der Waals surface area contributed by atoms with E-state index < -0.39 is 0 Å². The van der Waals surface area contributed by atoms with Crippen molar-refractivity contribution in [1.29, 1.82) is 0 Å². The Kier molecular flexibility index (Phi) is 10.1. The van der Waals surface area contributed by atoms with Crippen LogP contribution in [0, 0.1) is 13.8 Å². The van der Waals surface area contributed by atoms with Crippen molar-refractivity contribution in [3.8, 4) is 0 Å². The molecule has 1 aliphatic rings. The topological polar surface area (TPSA) is 62.0 Å². The van der Waals surface area contributed by atoms with Gasteiger partial charge in [-0.3, -0.25) is 9.89 Å². The summed E-state index contributed by atoms with van der Waals surface area (Å²) in [7, 11) is 1.81. The lowest BCUT2D eigenvalue weighted by atomic mass is 10.0. The Morgan fingerprint density at radius 1 is 1.03 bits per heavy atom. The maximum absolute atomic E-state index is 5.95. The van der Waals surface area contributed by atoms with Crippen LogP contribution in [0.4, 0.5) is 0 Å². The number of morpholine rings is 1. The number of halogens is 1. The molecule has 1 aromatic carbocycles. The van der Waals surface area contributed by atoms with Gasteiger partial charge in [0.2, 0.25) is 0 Å². The minimum atomic E-state index is 0. The molecule has 0 amide bonds. The molecule has 0 aliphatic carbocycles. The van der Waals surface area contributed by atoms with E-state index in [0.717, 1.165) is 56.9 Å². The van der Waals surface area contributed by atoms with Crippen LogP contribution < -0.4 is 10.6 Å². The SMILES string of the molecule is CN=C(NCC(C)c1ccc(C)cc1)NCC(c1ccc(C)o1)N1CCOCC1.I. The van der Waals surface area contributed by atoms with Crippen LogP contribution in [0.3, 0.4) is 0 Å². The van der Waals surface area contributed by atoms with E-state index in [1.165, 1.54) is 11.1 Å². The average molecular weight is 526 g/mol. The van der Waals surface area contributed by atoms with Crippen LogP contribution in [0.2, 0.25) is 0 Å². The monoisotopic (exact) mass is 526 g/mol. The first-order chi connectivity index (χ1) is 14.1. The maximum atomic E-state index is 5.95. The number of rotatable bonds is 7. The molecule has 2 aromatic rings. The second-order valence-electron chi connectivity index (χ2n) is 7.76. The quantitative estimate of drug-likeness (QED) is 0.326. The second-order valence-corrected chi connectivity index (χ2v) is 7.76. The van der Waals surface area contributed by atoms with E-state index >= 15 is 0 Å². The third kappa shape index (κ3) is 6.99. The van der Waals surface area contributed by atoms with Crippen LogP contribution in [0.5, 0.6) is 0 Å². The first-order valence-electron chi connectivity index (χ1n) is 10.5. The third-order valence-corrected chi connectivity index (χ3v) is 5.48. The Bertz CT molecular complexity index is 785. The summed E-state index contributed by atoms with van der Waals surface area (Å²) in [5.41, 5.74) is 2.62. The molecule has 2 N–H and O–H groups in total. The predicted octanol–water partition coefficient (Wildman–Crippen LogP) is 3.86. The van der Waals surface area contributed by atoms with Crippen LogP contribution >= 0.6 is 24.0 Å². The number of nitrogens with one attached hydrogen (secondary N) is 2. The molecule has 1 saturated heterocycles. The molecule has 1 aromatic heterocycles.